The van der Waals surface area contributed by atoms with Crippen molar-refractivity contribution in [3.05, 3.63) is 54.1 Å². The van der Waals surface area contributed by atoms with Crippen molar-refractivity contribution in [3.8, 4) is 0 Å². The second kappa shape index (κ2) is 6.57. The zero-order chi connectivity index (χ0) is 14.5. The van der Waals surface area contributed by atoms with E-state index in [0.717, 1.165) is 31.6 Å². The Labute approximate surface area is 125 Å². The van der Waals surface area contributed by atoms with Crippen LogP contribution in [0.1, 0.15) is 30.7 Å². The van der Waals surface area contributed by atoms with Crippen LogP contribution in [0.25, 0.3) is 0 Å². The highest BCUT2D eigenvalue weighted by Crippen LogP contribution is 2.26. The molecule has 0 saturated heterocycles. The van der Waals surface area contributed by atoms with Crippen LogP contribution in [0.5, 0.6) is 0 Å². The molecule has 110 valence electrons. The highest BCUT2D eigenvalue weighted by Gasteiger charge is 2.24. The molecule has 1 N–H and O–H groups in total. The van der Waals surface area contributed by atoms with Gasteiger partial charge in [-0.2, -0.15) is 0 Å². The number of aromatic nitrogens is 2. The van der Waals surface area contributed by atoms with Crippen molar-refractivity contribution in [1.82, 2.24) is 14.9 Å². The van der Waals surface area contributed by atoms with Crippen molar-refractivity contribution in [2.24, 2.45) is 5.92 Å². The van der Waals surface area contributed by atoms with E-state index >= 15 is 0 Å². The lowest BCUT2D eigenvalue weighted by Gasteiger charge is -2.24. The fraction of sp³-hybridized carbons (Fsp3) is 0.412. The van der Waals surface area contributed by atoms with Gasteiger partial charge in [0.05, 0.1) is 0 Å². The van der Waals surface area contributed by atoms with E-state index in [2.05, 4.69) is 27.0 Å². The maximum atomic E-state index is 11.8. The van der Waals surface area contributed by atoms with Gasteiger partial charge in [0.1, 0.15) is 5.82 Å². The number of benzene rings is 1. The van der Waals surface area contributed by atoms with E-state index in [0.29, 0.717) is 6.54 Å². The maximum absolute atomic E-state index is 11.8. The molecule has 0 unspecified atom stereocenters. The predicted molar refractivity (Wildman–Crippen MR) is 81.8 cm³/mol. The minimum Gasteiger partial charge on any atom is -0.355 e. The minimum absolute atomic E-state index is 0.211. The van der Waals surface area contributed by atoms with Gasteiger partial charge in [-0.25, -0.2) is 4.98 Å². The summed E-state index contributed by atoms with van der Waals surface area (Å²) < 4.78 is 2.14. The molecule has 0 aliphatic heterocycles. The summed E-state index contributed by atoms with van der Waals surface area (Å²) in [6.45, 7) is 1.49. The Morgan fingerprint density at radius 3 is 2.81 bits per heavy atom. The Balaban J connectivity index is 1.52. The highest BCUT2D eigenvalue weighted by molar-refractivity contribution is 5.79. The van der Waals surface area contributed by atoms with E-state index in [1.54, 1.807) is 0 Å². The second-order valence-electron chi connectivity index (χ2n) is 5.63. The van der Waals surface area contributed by atoms with Gasteiger partial charge in [-0.3, -0.25) is 4.79 Å². The number of hydrogen-bond acceptors (Lipinski definition) is 2. The number of hydrogen-bond donors (Lipinski definition) is 1. The smallest absolute Gasteiger partial charge is 0.223 e. The molecular formula is C17H21N3O. The molecule has 0 atom stereocenters. The van der Waals surface area contributed by atoms with E-state index < -0.39 is 0 Å². The zero-order valence-electron chi connectivity index (χ0n) is 12.2. The normalized spacial score (nSPS) is 14.7. The Morgan fingerprint density at radius 2 is 2.10 bits per heavy atom. The van der Waals surface area contributed by atoms with Crippen molar-refractivity contribution in [2.45, 2.75) is 32.2 Å². The van der Waals surface area contributed by atoms with Gasteiger partial charge in [-0.1, -0.05) is 36.8 Å². The van der Waals surface area contributed by atoms with Gasteiger partial charge in [-0.05, 0) is 18.4 Å². The number of carbonyl (C=O) groups excluding carboxylic acids is 1. The number of amides is 1. The molecule has 1 saturated carbocycles. The van der Waals surface area contributed by atoms with Crippen LogP contribution in [0.15, 0.2) is 42.7 Å². The number of imidazole rings is 1. The van der Waals surface area contributed by atoms with Crippen molar-refractivity contribution in [1.29, 1.82) is 0 Å². The van der Waals surface area contributed by atoms with Crippen molar-refractivity contribution < 1.29 is 4.79 Å². The summed E-state index contributed by atoms with van der Waals surface area (Å²) >= 11 is 0. The summed E-state index contributed by atoms with van der Waals surface area (Å²) in [5.41, 5.74) is 1.26. The lowest BCUT2D eigenvalue weighted by atomic mass is 9.85. The van der Waals surface area contributed by atoms with Gasteiger partial charge in [0, 0.05) is 37.8 Å². The first-order valence-electron chi connectivity index (χ1n) is 7.64. The van der Waals surface area contributed by atoms with E-state index in [1.165, 1.54) is 12.0 Å². The molecular weight excluding hydrogens is 262 g/mol. The average Bonchev–Trinajstić information content (AvgIpc) is 2.85. The zero-order valence-corrected chi connectivity index (χ0v) is 12.2. The highest BCUT2D eigenvalue weighted by atomic mass is 16.1. The summed E-state index contributed by atoms with van der Waals surface area (Å²) in [5.74, 6) is 1.49. The molecule has 21 heavy (non-hydrogen) atoms. The van der Waals surface area contributed by atoms with E-state index in [4.69, 9.17) is 0 Å². The van der Waals surface area contributed by atoms with Crippen molar-refractivity contribution in [2.75, 3.05) is 6.54 Å². The first kappa shape index (κ1) is 13.9. The third kappa shape index (κ3) is 3.51. The van der Waals surface area contributed by atoms with Crippen LogP contribution in [0.4, 0.5) is 0 Å². The van der Waals surface area contributed by atoms with Crippen LogP contribution >= 0.6 is 0 Å². The molecule has 0 radical (unpaired) electrons. The molecule has 4 nitrogen and oxygen atoms in total. The van der Waals surface area contributed by atoms with Crippen molar-refractivity contribution in [3.63, 3.8) is 0 Å². The number of nitrogens with zero attached hydrogens (tertiary/aromatic N) is 2. The standard InChI is InChI=1S/C17H21N3O/c21-17(15-7-4-8-15)19-10-9-16-18-11-12-20(16)13-14-5-2-1-3-6-14/h1-3,5-6,11-12,15H,4,7-10,13H2,(H,19,21). The first-order chi connectivity index (χ1) is 10.3. The number of nitrogens with one attached hydrogen (secondary N) is 1. The quantitative estimate of drug-likeness (QED) is 0.885. The lowest BCUT2D eigenvalue weighted by molar-refractivity contribution is -0.127. The van der Waals surface area contributed by atoms with Crippen LogP contribution in [-0.4, -0.2) is 22.0 Å². The van der Waals surface area contributed by atoms with Gasteiger partial charge in [0.2, 0.25) is 5.91 Å². The molecule has 1 aromatic carbocycles. The van der Waals surface area contributed by atoms with E-state index in [1.807, 2.05) is 30.6 Å². The van der Waals surface area contributed by atoms with Crippen LogP contribution < -0.4 is 5.32 Å². The number of rotatable bonds is 6. The molecule has 1 aliphatic carbocycles. The summed E-state index contributed by atoms with van der Waals surface area (Å²) in [6, 6.07) is 10.3. The minimum atomic E-state index is 0.211. The molecule has 0 spiro atoms. The van der Waals surface area contributed by atoms with Gasteiger partial charge in [0.15, 0.2) is 0 Å². The second-order valence-corrected chi connectivity index (χ2v) is 5.63. The Hall–Kier alpha value is -2.10. The van der Waals surface area contributed by atoms with Gasteiger partial charge >= 0.3 is 0 Å². The van der Waals surface area contributed by atoms with Crippen LogP contribution in [0.3, 0.4) is 0 Å². The van der Waals surface area contributed by atoms with E-state index in [-0.39, 0.29) is 11.8 Å². The van der Waals surface area contributed by atoms with Crippen LogP contribution in [0, 0.1) is 5.92 Å². The molecule has 4 heteroatoms. The molecule has 2 aromatic rings. The van der Waals surface area contributed by atoms with Crippen molar-refractivity contribution >= 4 is 5.91 Å². The largest absolute Gasteiger partial charge is 0.355 e. The van der Waals surface area contributed by atoms with Gasteiger partial charge in [-0.15, -0.1) is 0 Å². The SMILES string of the molecule is O=C(NCCc1nccn1Cc1ccccc1)C1CCC1. The number of carbonyl (C=O) groups is 1. The van der Waals surface area contributed by atoms with Gasteiger partial charge < -0.3 is 9.88 Å². The van der Waals surface area contributed by atoms with Crippen LogP contribution in [-0.2, 0) is 17.8 Å². The molecule has 1 aliphatic rings. The fourth-order valence-electron chi connectivity index (χ4n) is 2.60. The molecule has 3 rings (SSSR count). The monoisotopic (exact) mass is 283 g/mol. The Bertz CT molecular complexity index is 587. The lowest BCUT2D eigenvalue weighted by Crippen LogP contribution is -2.35. The third-order valence-corrected chi connectivity index (χ3v) is 4.12. The summed E-state index contributed by atoms with van der Waals surface area (Å²) in [5, 5.41) is 3.02. The molecule has 1 amide bonds. The fourth-order valence-corrected chi connectivity index (χ4v) is 2.60. The summed E-state index contributed by atoms with van der Waals surface area (Å²) in [4.78, 5) is 16.2. The summed E-state index contributed by atoms with van der Waals surface area (Å²) in [7, 11) is 0. The average molecular weight is 283 g/mol. The Morgan fingerprint density at radius 1 is 1.29 bits per heavy atom. The third-order valence-electron chi connectivity index (χ3n) is 4.12. The van der Waals surface area contributed by atoms with Gasteiger partial charge in [0.25, 0.3) is 0 Å². The molecule has 1 aromatic heterocycles. The maximum Gasteiger partial charge on any atom is 0.223 e. The molecule has 1 fully saturated rings. The summed E-state index contributed by atoms with van der Waals surface area (Å²) in [6.07, 6.45) is 7.89. The first-order valence-corrected chi connectivity index (χ1v) is 7.64. The molecule has 1 heterocycles. The topological polar surface area (TPSA) is 46.9 Å². The molecule has 0 bridgehead atoms. The Kier molecular flexibility index (Phi) is 4.34. The van der Waals surface area contributed by atoms with E-state index in [9.17, 15) is 4.79 Å². The van der Waals surface area contributed by atoms with Crippen LogP contribution in [0.2, 0.25) is 0 Å². The predicted octanol–water partition coefficient (Wildman–Crippen LogP) is 2.39.